The van der Waals surface area contributed by atoms with E-state index in [1.807, 2.05) is 0 Å². The van der Waals surface area contributed by atoms with Crippen molar-refractivity contribution in [1.29, 1.82) is 0 Å². The SMILES string of the molecule is NC(=O)Nc1ccc(=O)[nH]c1. The van der Waals surface area contributed by atoms with Crippen molar-refractivity contribution < 1.29 is 4.79 Å². The van der Waals surface area contributed by atoms with E-state index in [-0.39, 0.29) is 5.56 Å². The van der Waals surface area contributed by atoms with E-state index in [1.165, 1.54) is 18.3 Å². The van der Waals surface area contributed by atoms with Crippen LogP contribution in [0.5, 0.6) is 0 Å². The van der Waals surface area contributed by atoms with Gasteiger partial charge in [-0.15, -0.1) is 0 Å². The van der Waals surface area contributed by atoms with Crippen LogP contribution in [0.3, 0.4) is 0 Å². The summed E-state index contributed by atoms with van der Waals surface area (Å²) in [6, 6.07) is 2.10. The summed E-state index contributed by atoms with van der Waals surface area (Å²) in [5, 5.41) is 2.30. The van der Waals surface area contributed by atoms with Gasteiger partial charge in [0.1, 0.15) is 0 Å². The summed E-state index contributed by atoms with van der Waals surface area (Å²) in [5.41, 5.74) is 5.07. The molecule has 0 aliphatic rings. The quantitative estimate of drug-likeness (QED) is 0.524. The molecule has 4 N–H and O–H groups in total. The monoisotopic (exact) mass is 153 g/mol. The lowest BCUT2D eigenvalue weighted by Gasteiger charge is -1.97. The summed E-state index contributed by atoms with van der Waals surface area (Å²) in [7, 11) is 0. The maximum Gasteiger partial charge on any atom is 0.316 e. The van der Waals surface area contributed by atoms with Gasteiger partial charge in [-0.25, -0.2) is 4.79 Å². The molecule has 0 aliphatic heterocycles. The first-order valence-corrected chi connectivity index (χ1v) is 2.93. The van der Waals surface area contributed by atoms with Gasteiger partial charge >= 0.3 is 6.03 Å². The molecule has 0 saturated carbocycles. The number of aromatic amines is 1. The van der Waals surface area contributed by atoms with Crippen LogP contribution >= 0.6 is 0 Å². The Morgan fingerprint density at radius 2 is 2.27 bits per heavy atom. The van der Waals surface area contributed by atoms with Crippen molar-refractivity contribution in [1.82, 2.24) is 4.98 Å². The van der Waals surface area contributed by atoms with Gasteiger partial charge in [-0.3, -0.25) is 4.79 Å². The molecular formula is C6H7N3O2. The molecule has 0 aromatic carbocycles. The van der Waals surface area contributed by atoms with Crippen LogP contribution < -0.4 is 16.6 Å². The van der Waals surface area contributed by atoms with E-state index < -0.39 is 6.03 Å². The second-order valence-electron chi connectivity index (χ2n) is 1.93. The molecule has 0 fully saturated rings. The van der Waals surface area contributed by atoms with Crippen LogP contribution in [0.2, 0.25) is 0 Å². The van der Waals surface area contributed by atoms with Crippen LogP contribution in [0.4, 0.5) is 10.5 Å². The van der Waals surface area contributed by atoms with Crippen LogP contribution in [0.25, 0.3) is 0 Å². The van der Waals surface area contributed by atoms with E-state index >= 15 is 0 Å². The molecule has 1 aromatic rings. The molecule has 1 aromatic heterocycles. The maximum absolute atomic E-state index is 10.5. The second kappa shape index (κ2) is 2.87. The first kappa shape index (κ1) is 7.33. The highest BCUT2D eigenvalue weighted by atomic mass is 16.2. The largest absolute Gasteiger partial charge is 0.351 e. The van der Waals surface area contributed by atoms with Gasteiger partial charge < -0.3 is 16.0 Å². The number of anilines is 1. The molecule has 0 bridgehead atoms. The Balaban J connectivity index is 2.82. The van der Waals surface area contributed by atoms with Gasteiger partial charge in [0.25, 0.3) is 0 Å². The van der Waals surface area contributed by atoms with Gasteiger partial charge in [0.15, 0.2) is 0 Å². The van der Waals surface area contributed by atoms with Crippen molar-refractivity contribution in [2.45, 2.75) is 0 Å². The highest BCUT2D eigenvalue weighted by Crippen LogP contribution is 1.98. The summed E-state index contributed by atoms with van der Waals surface area (Å²) >= 11 is 0. The zero-order valence-corrected chi connectivity index (χ0v) is 5.63. The Bertz CT molecular complexity index is 297. The van der Waals surface area contributed by atoms with Crippen LogP contribution in [0, 0.1) is 0 Å². The standard InChI is InChI=1S/C6H7N3O2/c7-6(11)9-4-1-2-5(10)8-3-4/h1-3H,(H,8,10)(H3,7,9,11). The van der Waals surface area contributed by atoms with Gasteiger partial charge in [0.2, 0.25) is 5.56 Å². The van der Waals surface area contributed by atoms with Crippen molar-refractivity contribution >= 4 is 11.7 Å². The van der Waals surface area contributed by atoms with E-state index in [0.717, 1.165) is 0 Å². The number of hydrogen-bond acceptors (Lipinski definition) is 2. The first-order valence-electron chi connectivity index (χ1n) is 2.93. The third-order valence-electron chi connectivity index (χ3n) is 1.05. The average Bonchev–Trinajstić information content (AvgIpc) is 1.93. The molecule has 0 unspecified atom stereocenters. The fourth-order valence-electron chi connectivity index (χ4n) is 0.631. The van der Waals surface area contributed by atoms with Crippen LogP contribution in [0.15, 0.2) is 23.1 Å². The van der Waals surface area contributed by atoms with Crippen molar-refractivity contribution in [3.05, 3.63) is 28.7 Å². The third kappa shape index (κ3) is 2.13. The molecular weight excluding hydrogens is 146 g/mol. The minimum Gasteiger partial charge on any atom is -0.351 e. The lowest BCUT2D eigenvalue weighted by molar-refractivity contribution is 0.259. The molecule has 1 heterocycles. The number of urea groups is 1. The molecule has 0 spiro atoms. The maximum atomic E-state index is 10.5. The van der Waals surface area contributed by atoms with Gasteiger partial charge in [-0.2, -0.15) is 0 Å². The second-order valence-corrected chi connectivity index (χ2v) is 1.93. The van der Waals surface area contributed by atoms with Gasteiger partial charge in [-0.05, 0) is 6.07 Å². The molecule has 0 saturated heterocycles. The van der Waals surface area contributed by atoms with Crippen LogP contribution in [-0.2, 0) is 0 Å². The molecule has 0 aliphatic carbocycles. The molecule has 58 valence electrons. The fourth-order valence-corrected chi connectivity index (χ4v) is 0.631. The summed E-state index contributed by atoms with van der Waals surface area (Å²) in [6.45, 7) is 0. The Hall–Kier alpha value is -1.78. The minimum absolute atomic E-state index is 0.222. The van der Waals surface area contributed by atoms with Gasteiger partial charge in [0.05, 0.1) is 5.69 Å². The number of amides is 2. The number of nitrogens with two attached hydrogens (primary N) is 1. The van der Waals surface area contributed by atoms with Crippen molar-refractivity contribution in [3.8, 4) is 0 Å². The lowest BCUT2D eigenvalue weighted by Crippen LogP contribution is -2.19. The average molecular weight is 153 g/mol. The Morgan fingerprint density at radius 1 is 1.55 bits per heavy atom. The molecule has 0 radical (unpaired) electrons. The van der Waals surface area contributed by atoms with E-state index in [2.05, 4.69) is 10.3 Å². The van der Waals surface area contributed by atoms with Gasteiger partial charge in [0, 0.05) is 12.3 Å². The molecule has 2 amide bonds. The van der Waals surface area contributed by atoms with Crippen molar-refractivity contribution in [3.63, 3.8) is 0 Å². The summed E-state index contributed by atoms with van der Waals surface area (Å²) in [5.74, 6) is 0. The van der Waals surface area contributed by atoms with Crippen molar-refractivity contribution in [2.75, 3.05) is 5.32 Å². The molecule has 1 rings (SSSR count). The van der Waals surface area contributed by atoms with Gasteiger partial charge in [-0.1, -0.05) is 0 Å². The highest BCUT2D eigenvalue weighted by Gasteiger charge is 1.93. The Kier molecular flexibility index (Phi) is 1.91. The number of carbonyl (C=O) groups is 1. The first-order chi connectivity index (χ1) is 5.18. The predicted molar refractivity (Wildman–Crippen MR) is 40.3 cm³/mol. The number of hydrogen-bond donors (Lipinski definition) is 3. The van der Waals surface area contributed by atoms with Crippen molar-refractivity contribution in [2.24, 2.45) is 5.73 Å². The number of H-pyrrole nitrogens is 1. The number of pyridine rings is 1. The Morgan fingerprint density at radius 3 is 2.73 bits per heavy atom. The minimum atomic E-state index is -0.656. The number of carbonyl (C=O) groups excluding carboxylic acids is 1. The van der Waals surface area contributed by atoms with E-state index in [9.17, 15) is 9.59 Å². The van der Waals surface area contributed by atoms with E-state index in [4.69, 9.17) is 5.73 Å². The summed E-state index contributed by atoms with van der Waals surface area (Å²) < 4.78 is 0. The fraction of sp³-hybridized carbons (Fsp3) is 0. The number of aromatic nitrogens is 1. The topological polar surface area (TPSA) is 88.0 Å². The predicted octanol–water partition coefficient (Wildman–Crippen LogP) is -0.135. The summed E-state index contributed by atoms with van der Waals surface area (Å²) in [6.07, 6.45) is 1.37. The third-order valence-corrected chi connectivity index (χ3v) is 1.05. The van der Waals surface area contributed by atoms with Crippen LogP contribution in [-0.4, -0.2) is 11.0 Å². The normalized spacial score (nSPS) is 9.09. The number of rotatable bonds is 1. The smallest absolute Gasteiger partial charge is 0.316 e. The van der Waals surface area contributed by atoms with E-state index in [0.29, 0.717) is 5.69 Å². The number of primary amides is 1. The molecule has 0 atom stereocenters. The molecule has 5 nitrogen and oxygen atoms in total. The number of nitrogens with one attached hydrogen (secondary N) is 2. The Labute approximate surface area is 62.2 Å². The van der Waals surface area contributed by atoms with Crippen LogP contribution in [0.1, 0.15) is 0 Å². The highest BCUT2D eigenvalue weighted by molar-refractivity contribution is 5.87. The lowest BCUT2D eigenvalue weighted by atomic mass is 10.4. The van der Waals surface area contributed by atoms with E-state index in [1.54, 1.807) is 0 Å². The molecule has 5 heteroatoms. The molecule has 11 heavy (non-hydrogen) atoms. The zero-order chi connectivity index (χ0) is 8.27. The zero-order valence-electron chi connectivity index (χ0n) is 5.63. The summed E-state index contributed by atoms with van der Waals surface area (Å²) in [4.78, 5) is 23.2.